The van der Waals surface area contributed by atoms with E-state index in [0.29, 0.717) is 6.07 Å². The van der Waals surface area contributed by atoms with E-state index in [1.54, 1.807) is 20.8 Å². The van der Waals surface area contributed by atoms with Gasteiger partial charge >= 0.3 is 12.1 Å². The van der Waals surface area contributed by atoms with Gasteiger partial charge in [-0.3, -0.25) is 10.1 Å². The fourth-order valence-corrected chi connectivity index (χ4v) is 1.49. The minimum atomic E-state index is -4.85. The van der Waals surface area contributed by atoms with E-state index in [0.717, 1.165) is 12.1 Å². The van der Waals surface area contributed by atoms with Crippen LogP contribution in [-0.2, 0) is 15.7 Å². The summed E-state index contributed by atoms with van der Waals surface area (Å²) < 4.78 is 48.3. The number of benzene rings is 1. The summed E-state index contributed by atoms with van der Waals surface area (Å²) in [4.78, 5) is 21.0. The Morgan fingerprint density at radius 3 is 2.32 bits per heavy atom. The third-order valence-electron chi connectivity index (χ3n) is 2.24. The Labute approximate surface area is 124 Å². The number of alkyl halides is 3. The second kappa shape index (κ2) is 6.20. The van der Waals surface area contributed by atoms with Gasteiger partial charge in [0.1, 0.15) is 16.9 Å². The van der Waals surface area contributed by atoms with Crippen LogP contribution in [0.3, 0.4) is 0 Å². The van der Waals surface area contributed by atoms with Crippen LogP contribution in [0.1, 0.15) is 26.3 Å². The van der Waals surface area contributed by atoms with Gasteiger partial charge in [0.15, 0.2) is 6.61 Å². The normalized spacial score (nSPS) is 11.9. The molecule has 1 aromatic carbocycles. The topological polar surface area (TPSA) is 78.7 Å². The number of nitro benzene ring substituents is 1. The highest BCUT2D eigenvalue weighted by Gasteiger charge is 2.36. The first-order chi connectivity index (χ1) is 9.90. The van der Waals surface area contributed by atoms with Crippen molar-refractivity contribution in [3.63, 3.8) is 0 Å². The van der Waals surface area contributed by atoms with Crippen LogP contribution in [0.2, 0.25) is 0 Å². The summed E-state index contributed by atoms with van der Waals surface area (Å²) >= 11 is 0. The van der Waals surface area contributed by atoms with E-state index >= 15 is 0 Å². The third kappa shape index (κ3) is 5.23. The van der Waals surface area contributed by atoms with Crippen molar-refractivity contribution in [2.45, 2.75) is 32.5 Å². The Bertz CT molecular complexity index is 578. The van der Waals surface area contributed by atoms with Crippen LogP contribution in [0, 0.1) is 10.1 Å². The Morgan fingerprint density at radius 1 is 1.27 bits per heavy atom. The summed E-state index contributed by atoms with van der Waals surface area (Å²) in [6.07, 6.45) is -4.85. The van der Waals surface area contributed by atoms with Gasteiger partial charge in [0.05, 0.1) is 4.92 Å². The van der Waals surface area contributed by atoms with Gasteiger partial charge in [0.2, 0.25) is 0 Å². The molecule has 0 bridgehead atoms. The minimum Gasteiger partial charge on any atom is -0.481 e. The molecular formula is C13H14F3NO5. The van der Waals surface area contributed by atoms with Crippen molar-refractivity contribution in [1.82, 2.24) is 0 Å². The molecule has 0 radical (unpaired) electrons. The number of carbonyl (C=O) groups is 1. The average Bonchev–Trinajstić information content (AvgIpc) is 2.32. The molecule has 0 saturated heterocycles. The van der Waals surface area contributed by atoms with E-state index < -0.39 is 46.3 Å². The second-order valence-electron chi connectivity index (χ2n) is 5.31. The number of ether oxygens (including phenoxy) is 2. The van der Waals surface area contributed by atoms with Crippen LogP contribution in [0.5, 0.6) is 5.75 Å². The van der Waals surface area contributed by atoms with Crippen molar-refractivity contribution >= 4 is 11.7 Å². The van der Waals surface area contributed by atoms with Crippen molar-refractivity contribution < 1.29 is 32.4 Å². The lowest BCUT2D eigenvalue weighted by Gasteiger charge is -2.20. The predicted molar refractivity (Wildman–Crippen MR) is 69.4 cm³/mol. The maximum absolute atomic E-state index is 12.9. The summed E-state index contributed by atoms with van der Waals surface area (Å²) in [6.45, 7) is 4.05. The number of esters is 1. The molecule has 0 fully saturated rings. The van der Waals surface area contributed by atoms with Crippen molar-refractivity contribution in [3.05, 3.63) is 33.9 Å². The molecule has 122 valence electrons. The minimum absolute atomic E-state index is 0.352. The first kappa shape index (κ1) is 17.7. The highest BCUT2D eigenvalue weighted by molar-refractivity contribution is 5.71. The molecule has 22 heavy (non-hydrogen) atoms. The van der Waals surface area contributed by atoms with E-state index in [9.17, 15) is 28.1 Å². The largest absolute Gasteiger partial charge is 0.481 e. The molecule has 9 heteroatoms. The molecule has 6 nitrogen and oxygen atoms in total. The Balaban J connectivity index is 2.95. The van der Waals surface area contributed by atoms with Gasteiger partial charge in [0, 0.05) is 12.1 Å². The van der Waals surface area contributed by atoms with Crippen LogP contribution in [0.15, 0.2) is 18.2 Å². The molecule has 0 spiro atoms. The summed E-state index contributed by atoms with van der Waals surface area (Å²) in [6, 6.07) is 2.01. The van der Waals surface area contributed by atoms with E-state index in [4.69, 9.17) is 9.47 Å². The van der Waals surface area contributed by atoms with E-state index in [2.05, 4.69) is 0 Å². The van der Waals surface area contributed by atoms with Crippen LogP contribution < -0.4 is 4.74 Å². The fourth-order valence-electron chi connectivity index (χ4n) is 1.49. The standard InChI is InChI=1S/C13H14F3NO5/c1-12(2,3)22-11(18)7-21-10-5-4-8(17(19)20)6-9(10)13(14,15)16/h4-6H,7H2,1-3H3. The maximum Gasteiger partial charge on any atom is 0.420 e. The van der Waals surface area contributed by atoms with Crippen LogP contribution in [0.4, 0.5) is 18.9 Å². The molecule has 1 aromatic rings. The quantitative estimate of drug-likeness (QED) is 0.483. The molecule has 0 atom stereocenters. The van der Waals surface area contributed by atoms with Crippen LogP contribution in [-0.4, -0.2) is 23.1 Å². The number of hydrogen-bond acceptors (Lipinski definition) is 5. The van der Waals surface area contributed by atoms with Gasteiger partial charge in [0.25, 0.3) is 5.69 Å². The number of nitro groups is 1. The molecule has 0 aromatic heterocycles. The molecular weight excluding hydrogens is 307 g/mol. The number of halogens is 3. The van der Waals surface area contributed by atoms with E-state index in [1.807, 2.05) is 0 Å². The zero-order chi connectivity index (χ0) is 17.1. The Kier molecular flexibility index (Phi) is 5.00. The highest BCUT2D eigenvalue weighted by atomic mass is 19.4. The number of non-ortho nitro benzene ring substituents is 1. The van der Waals surface area contributed by atoms with Gasteiger partial charge in [-0.2, -0.15) is 13.2 Å². The number of rotatable bonds is 4. The third-order valence-corrected chi connectivity index (χ3v) is 2.24. The first-order valence-electron chi connectivity index (χ1n) is 6.10. The van der Waals surface area contributed by atoms with Crippen LogP contribution in [0.25, 0.3) is 0 Å². The first-order valence-corrected chi connectivity index (χ1v) is 6.10. The lowest BCUT2D eigenvalue weighted by molar-refractivity contribution is -0.385. The van der Waals surface area contributed by atoms with Gasteiger partial charge in [-0.25, -0.2) is 4.79 Å². The summed E-state index contributed by atoms with van der Waals surface area (Å²) in [7, 11) is 0. The smallest absolute Gasteiger partial charge is 0.420 e. The van der Waals surface area contributed by atoms with Crippen molar-refractivity contribution in [2.24, 2.45) is 0 Å². The average molecular weight is 321 g/mol. The molecule has 0 saturated carbocycles. The monoisotopic (exact) mass is 321 g/mol. The summed E-state index contributed by atoms with van der Waals surface area (Å²) in [5, 5.41) is 10.5. The zero-order valence-corrected chi connectivity index (χ0v) is 12.1. The molecule has 0 unspecified atom stereocenters. The number of hydrogen-bond donors (Lipinski definition) is 0. The Morgan fingerprint density at radius 2 is 1.86 bits per heavy atom. The lowest BCUT2D eigenvalue weighted by atomic mass is 10.1. The molecule has 0 aliphatic carbocycles. The van der Waals surface area contributed by atoms with Gasteiger partial charge in [-0.15, -0.1) is 0 Å². The van der Waals surface area contributed by atoms with Gasteiger partial charge in [-0.05, 0) is 26.8 Å². The molecule has 0 aliphatic rings. The summed E-state index contributed by atoms with van der Waals surface area (Å²) in [5.74, 6) is -1.53. The number of carbonyl (C=O) groups excluding carboxylic acids is 1. The van der Waals surface area contributed by atoms with Crippen molar-refractivity contribution in [1.29, 1.82) is 0 Å². The molecule has 0 heterocycles. The second-order valence-corrected chi connectivity index (χ2v) is 5.31. The molecule has 0 N–H and O–H groups in total. The maximum atomic E-state index is 12.9. The van der Waals surface area contributed by atoms with E-state index in [1.165, 1.54) is 0 Å². The van der Waals surface area contributed by atoms with Crippen molar-refractivity contribution in [3.8, 4) is 5.75 Å². The fraction of sp³-hybridized carbons (Fsp3) is 0.462. The van der Waals surface area contributed by atoms with Crippen LogP contribution >= 0.6 is 0 Å². The van der Waals surface area contributed by atoms with E-state index in [-0.39, 0.29) is 0 Å². The zero-order valence-electron chi connectivity index (χ0n) is 12.1. The van der Waals surface area contributed by atoms with Gasteiger partial charge < -0.3 is 9.47 Å². The predicted octanol–water partition coefficient (Wildman–Crippen LogP) is 3.33. The van der Waals surface area contributed by atoms with Crippen molar-refractivity contribution in [2.75, 3.05) is 6.61 Å². The highest BCUT2D eigenvalue weighted by Crippen LogP contribution is 2.38. The number of nitrogens with zero attached hydrogens (tertiary/aromatic N) is 1. The summed E-state index contributed by atoms with van der Waals surface area (Å²) in [5.41, 5.74) is -2.86. The molecule has 0 aliphatic heterocycles. The Hall–Kier alpha value is -2.32. The molecule has 0 amide bonds. The van der Waals surface area contributed by atoms with Gasteiger partial charge in [-0.1, -0.05) is 0 Å². The lowest BCUT2D eigenvalue weighted by Crippen LogP contribution is -2.27. The SMILES string of the molecule is CC(C)(C)OC(=O)COc1ccc([N+](=O)[O-])cc1C(F)(F)F. The molecule has 1 rings (SSSR count).